The molecule has 1 fully saturated rings. The van der Waals surface area contributed by atoms with Crippen molar-refractivity contribution in [2.45, 2.75) is 19.3 Å². The predicted molar refractivity (Wildman–Crippen MR) is 84.0 cm³/mol. The van der Waals surface area contributed by atoms with Crippen LogP contribution in [0.1, 0.15) is 29.8 Å². The van der Waals surface area contributed by atoms with Gasteiger partial charge in [0.05, 0.1) is 5.52 Å². The Balaban J connectivity index is 1.72. The summed E-state index contributed by atoms with van der Waals surface area (Å²) in [6.45, 7) is 2.38. The Morgan fingerprint density at radius 2 is 1.95 bits per heavy atom. The van der Waals surface area contributed by atoms with E-state index in [0.29, 0.717) is 11.6 Å². The molecule has 2 heterocycles. The lowest BCUT2D eigenvalue weighted by atomic mass is 9.93. The molecule has 3 rings (SSSR count). The van der Waals surface area contributed by atoms with Gasteiger partial charge < -0.3 is 10.6 Å². The largest absolute Gasteiger partial charge is 0.337 e. The Hall–Kier alpha value is -1.94. The zero-order chi connectivity index (χ0) is 14.7. The van der Waals surface area contributed by atoms with E-state index in [1.54, 1.807) is 0 Å². The molecule has 0 atom stereocenters. The zero-order valence-electron chi connectivity index (χ0n) is 12.2. The van der Waals surface area contributed by atoms with E-state index in [4.69, 9.17) is 5.73 Å². The fourth-order valence-corrected chi connectivity index (χ4v) is 3.01. The van der Waals surface area contributed by atoms with Crippen LogP contribution in [0.25, 0.3) is 10.9 Å². The second kappa shape index (κ2) is 6.22. The van der Waals surface area contributed by atoms with Gasteiger partial charge in [-0.25, -0.2) is 4.98 Å². The highest BCUT2D eigenvalue weighted by Gasteiger charge is 2.23. The molecule has 110 valence electrons. The number of para-hydroxylation sites is 1. The summed E-state index contributed by atoms with van der Waals surface area (Å²) < 4.78 is 0. The molecule has 1 saturated heterocycles. The number of likely N-dealkylation sites (tertiary alicyclic amines) is 1. The minimum absolute atomic E-state index is 0.0481. The first kappa shape index (κ1) is 14.0. The number of piperidine rings is 1. The van der Waals surface area contributed by atoms with Gasteiger partial charge in [0.15, 0.2) is 0 Å². The van der Waals surface area contributed by atoms with E-state index >= 15 is 0 Å². The molecule has 0 spiro atoms. The number of nitrogens with two attached hydrogens (primary N) is 1. The first-order valence-corrected chi connectivity index (χ1v) is 7.63. The molecule has 1 aliphatic heterocycles. The van der Waals surface area contributed by atoms with Gasteiger partial charge in [-0.2, -0.15) is 0 Å². The van der Waals surface area contributed by atoms with Gasteiger partial charge in [-0.15, -0.1) is 0 Å². The van der Waals surface area contributed by atoms with Crippen LogP contribution < -0.4 is 5.73 Å². The zero-order valence-corrected chi connectivity index (χ0v) is 12.2. The van der Waals surface area contributed by atoms with Crippen molar-refractivity contribution in [3.05, 3.63) is 42.1 Å². The summed E-state index contributed by atoms with van der Waals surface area (Å²) in [6, 6.07) is 11.7. The van der Waals surface area contributed by atoms with Gasteiger partial charge in [0.1, 0.15) is 5.69 Å². The fourth-order valence-electron chi connectivity index (χ4n) is 3.01. The van der Waals surface area contributed by atoms with Crippen molar-refractivity contribution < 1.29 is 4.79 Å². The number of nitrogens with zero attached hydrogens (tertiary/aromatic N) is 2. The molecule has 0 radical (unpaired) electrons. The number of pyridine rings is 1. The van der Waals surface area contributed by atoms with Crippen LogP contribution in [-0.4, -0.2) is 35.4 Å². The molecule has 21 heavy (non-hydrogen) atoms. The number of carbonyl (C=O) groups excluding carboxylic acids is 1. The van der Waals surface area contributed by atoms with Crippen molar-refractivity contribution in [2.75, 3.05) is 19.6 Å². The van der Waals surface area contributed by atoms with Crippen LogP contribution in [0.15, 0.2) is 36.4 Å². The van der Waals surface area contributed by atoms with Gasteiger partial charge in [0.2, 0.25) is 0 Å². The quantitative estimate of drug-likeness (QED) is 0.941. The van der Waals surface area contributed by atoms with E-state index in [0.717, 1.165) is 49.8 Å². The minimum atomic E-state index is 0.0481. The molecule has 4 nitrogen and oxygen atoms in total. The molecule has 1 aromatic heterocycles. The summed E-state index contributed by atoms with van der Waals surface area (Å²) in [5.74, 6) is 0.718. The Kier molecular flexibility index (Phi) is 4.15. The first-order chi connectivity index (χ1) is 10.3. The van der Waals surface area contributed by atoms with Crippen LogP contribution in [0.4, 0.5) is 0 Å². The summed E-state index contributed by atoms with van der Waals surface area (Å²) in [5.41, 5.74) is 7.03. The first-order valence-electron chi connectivity index (χ1n) is 7.63. The number of rotatable bonds is 3. The lowest BCUT2D eigenvalue weighted by Gasteiger charge is -2.31. The lowest BCUT2D eigenvalue weighted by molar-refractivity contribution is 0.0682. The van der Waals surface area contributed by atoms with Gasteiger partial charge in [-0.1, -0.05) is 24.3 Å². The summed E-state index contributed by atoms with van der Waals surface area (Å²) in [5, 5.41) is 1.07. The van der Waals surface area contributed by atoms with Crippen molar-refractivity contribution in [3.63, 3.8) is 0 Å². The number of carbonyl (C=O) groups is 1. The summed E-state index contributed by atoms with van der Waals surface area (Å²) in [6.07, 6.45) is 3.17. The summed E-state index contributed by atoms with van der Waals surface area (Å²) in [4.78, 5) is 19.0. The molecule has 0 bridgehead atoms. The van der Waals surface area contributed by atoms with Gasteiger partial charge in [-0.3, -0.25) is 4.79 Å². The van der Waals surface area contributed by atoms with Crippen LogP contribution in [-0.2, 0) is 0 Å². The minimum Gasteiger partial charge on any atom is -0.337 e. The third-order valence-electron chi connectivity index (χ3n) is 4.29. The van der Waals surface area contributed by atoms with Crippen LogP contribution >= 0.6 is 0 Å². The van der Waals surface area contributed by atoms with E-state index in [1.165, 1.54) is 0 Å². The number of aromatic nitrogens is 1. The predicted octanol–water partition coefficient (Wildman–Crippen LogP) is 2.44. The highest BCUT2D eigenvalue weighted by Crippen LogP contribution is 2.21. The van der Waals surface area contributed by atoms with Crippen molar-refractivity contribution in [3.8, 4) is 0 Å². The van der Waals surface area contributed by atoms with Crippen molar-refractivity contribution >= 4 is 16.8 Å². The number of hydrogen-bond acceptors (Lipinski definition) is 3. The van der Waals surface area contributed by atoms with Crippen LogP contribution in [0.5, 0.6) is 0 Å². The molecular formula is C17H21N3O. The fraction of sp³-hybridized carbons (Fsp3) is 0.412. The molecule has 0 saturated carbocycles. The van der Waals surface area contributed by atoms with E-state index in [2.05, 4.69) is 4.98 Å². The van der Waals surface area contributed by atoms with E-state index in [9.17, 15) is 4.79 Å². The smallest absolute Gasteiger partial charge is 0.272 e. The molecule has 2 aromatic rings. The van der Waals surface area contributed by atoms with E-state index in [-0.39, 0.29) is 5.91 Å². The topological polar surface area (TPSA) is 59.2 Å². The normalized spacial score (nSPS) is 16.3. The van der Waals surface area contributed by atoms with Crippen molar-refractivity contribution in [1.29, 1.82) is 0 Å². The highest BCUT2D eigenvalue weighted by molar-refractivity contribution is 5.94. The molecular weight excluding hydrogens is 262 g/mol. The van der Waals surface area contributed by atoms with Crippen LogP contribution in [0, 0.1) is 5.92 Å². The Labute approximate surface area is 125 Å². The molecule has 1 aromatic carbocycles. The highest BCUT2D eigenvalue weighted by atomic mass is 16.2. The third-order valence-corrected chi connectivity index (χ3v) is 4.29. The lowest BCUT2D eigenvalue weighted by Crippen LogP contribution is -2.39. The third kappa shape index (κ3) is 3.05. The summed E-state index contributed by atoms with van der Waals surface area (Å²) in [7, 11) is 0. The average molecular weight is 283 g/mol. The average Bonchev–Trinajstić information content (AvgIpc) is 2.55. The van der Waals surface area contributed by atoms with Crippen LogP contribution in [0.3, 0.4) is 0 Å². The monoisotopic (exact) mass is 283 g/mol. The number of amides is 1. The van der Waals surface area contributed by atoms with Crippen molar-refractivity contribution in [2.24, 2.45) is 11.7 Å². The van der Waals surface area contributed by atoms with Gasteiger partial charge in [0.25, 0.3) is 5.91 Å². The van der Waals surface area contributed by atoms with E-state index in [1.807, 2.05) is 41.3 Å². The number of benzene rings is 1. The van der Waals surface area contributed by atoms with E-state index < -0.39 is 0 Å². The maximum absolute atomic E-state index is 12.5. The molecule has 2 N–H and O–H groups in total. The molecule has 4 heteroatoms. The van der Waals surface area contributed by atoms with Gasteiger partial charge >= 0.3 is 0 Å². The molecule has 1 amide bonds. The van der Waals surface area contributed by atoms with Crippen LogP contribution in [0.2, 0.25) is 0 Å². The van der Waals surface area contributed by atoms with Gasteiger partial charge in [-0.05, 0) is 43.9 Å². The second-order valence-electron chi connectivity index (χ2n) is 5.70. The number of fused-ring (bicyclic) bond motifs is 1. The maximum Gasteiger partial charge on any atom is 0.272 e. The number of hydrogen-bond donors (Lipinski definition) is 1. The summed E-state index contributed by atoms with van der Waals surface area (Å²) >= 11 is 0. The second-order valence-corrected chi connectivity index (χ2v) is 5.70. The van der Waals surface area contributed by atoms with Gasteiger partial charge in [0, 0.05) is 18.5 Å². The molecule has 0 unspecified atom stereocenters. The Bertz CT molecular complexity index is 633. The maximum atomic E-state index is 12.5. The SMILES string of the molecule is NCCC1CCN(C(=O)c2ccc3ccccc3n2)CC1. The molecule has 0 aliphatic carbocycles. The Morgan fingerprint density at radius 3 is 2.71 bits per heavy atom. The van der Waals surface area contributed by atoms with Crippen molar-refractivity contribution in [1.82, 2.24) is 9.88 Å². The standard InChI is InChI=1S/C17H21N3O/c18-10-7-13-8-11-20(12-9-13)17(21)16-6-5-14-3-1-2-4-15(14)19-16/h1-6,13H,7-12,18H2. The Morgan fingerprint density at radius 1 is 1.19 bits per heavy atom. The molecule has 1 aliphatic rings.